The molecule has 2 rings (SSSR count). The fourth-order valence-corrected chi connectivity index (χ4v) is 2.70. The quantitative estimate of drug-likeness (QED) is 0.900. The number of rotatable bonds is 4. The molecule has 1 heterocycles. The Balaban J connectivity index is 2.15. The molecule has 0 bridgehead atoms. The lowest BCUT2D eigenvalue weighted by Crippen LogP contribution is -2.44. The summed E-state index contributed by atoms with van der Waals surface area (Å²) >= 11 is 0. The summed E-state index contributed by atoms with van der Waals surface area (Å²) < 4.78 is 0. The molecule has 1 fully saturated rings. The minimum atomic E-state index is -0.497. The number of aliphatic hydroxyl groups is 1. The van der Waals surface area contributed by atoms with Crippen LogP contribution >= 0.6 is 0 Å². The predicted octanol–water partition coefficient (Wildman–Crippen LogP) is 1.02. The molecule has 1 aliphatic heterocycles. The Labute approximate surface area is 125 Å². The molecule has 0 unspecified atom stereocenters. The smallest absolute Gasteiger partial charge is 0.248 e. The van der Waals surface area contributed by atoms with E-state index in [1.807, 2.05) is 42.2 Å². The Morgan fingerprint density at radius 2 is 2.05 bits per heavy atom. The zero-order valence-corrected chi connectivity index (χ0v) is 12.4. The summed E-state index contributed by atoms with van der Waals surface area (Å²) in [7, 11) is 0. The average molecular weight is 290 g/mol. The van der Waals surface area contributed by atoms with Crippen LogP contribution < -0.4 is 0 Å². The third-order valence-electron chi connectivity index (χ3n) is 3.94. The second-order valence-electron chi connectivity index (χ2n) is 5.32. The first-order valence-electron chi connectivity index (χ1n) is 7.37. The zero-order chi connectivity index (χ0) is 15.2. The molecule has 21 heavy (non-hydrogen) atoms. The van der Waals surface area contributed by atoms with Crippen molar-refractivity contribution in [3.05, 3.63) is 35.9 Å². The highest BCUT2D eigenvalue weighted by Crippen LogP contribution is 2.17. The fourth-order valence-electron chi connectivity index (χ4n) is 2.70. The summed E-state index contributed by atoms with van der Waals surface area (Å²) in [6, 6.07) is 9.87. The summed E-state index contributed by atoms with van der Waals surface area (Å²) in [5.41, 5.74) is 1.09. The summed E-state index contributed by atoms with van der Waals surface area (Å²) in [6.45, 7) is 2.97. The molecule has 1 N–H and O–H groups in total. The van der Waals surface area contributed by atoms with Gasteiger partial charge in [-0.05, 0) is 12.0 Å². The highest BCUT2D eigenvalue weighted by atomic mass is 16.3. The summed E-state index contributed by atoms with van der Waals surface area (Å²) in [4.78, 5) is 27.5. The number of hydrogen-bond acceptors (Lipinski definition) is 3. The Bertz CT molecular complexity index is 490. The molecule has 0 saturated carbocycles. The van der Waals surface area contributed by atoms with Crippen LogP contribution in [0.2, 0.25) is 0 Å². The van der Waals surface area contributed by atoms with Gasteiger partial charge in [0.25, 0.3) is 0 Å². The van der Waals surface area contributed by atoms with E-state index in [0.717, 1.165) is 12.0 Å². The van der Waals surface area contributed by atoms with Gasteiger partial charge in [-0.15, -0.1) is 0 Å². The summed E-state index contributed by atoms with van der Waals surface area (Å²) in [6.07, 6.45) is 1.10. The van der Waals surface area contributed by atoms with E-state index in [2.05, 4.69) is 0 Å². The number of hydrogen-bond donors (Lipinski definition) is 1. The van der Waals surface area contributed by atoms with E-state index in [0.29, 0.717) is 26.1 Å². The van der Waals surface area contributed by atoms with Crippen molar-refractivity contribution in [2.24, 2.45) is 0 Å². The number of benzene rings is 1. The fraction of sp³-hybridized carbons (Fsp3) is 0.500. The van der Waals surface area contributed by atoms with Gasteiger partial charge >= 0.3 is 0 Å². The minimum absolute atomic E-state index is 0.00398. The second kappa shape index (κ2) is 7.22. The first-order valence-corrected chi connectivity index (χ1v) is 7.37. The molecular formula is C16H22N2O3. The number of carbonyl (C=O) groups is 2. The van der Waals surface area contributed by atoms with Gasteiger partial charge in [0.2, 0.25) is 11.8 Å². The van der Waals surface area contributed by atoms with Crippen molar-refractivity contribution >= 4 is 11.8 Å². The lowest BCUT2D eigenvalue weighted by molar-refractivity contribution is -0.135. The van der Waals surface area contributed by atoms with E-state index in [-0.39, 0.29) is 17.9 Å². The number of carbonyl (C=O) groups excluding carboxylic acids is 2. The highest BCUT2D eigenvalue weighted by molar-refractivity contribution is 5.81. The Morgan fingerprint density at radius 3 is 2.67 bits per heavy atom. The van der Waals surface area contributed by atoms with Crippen LogP contribution in [-0.4, -0.2) is 52.5 Å². The van der Waals surface area contributed by atoms with Gasteiger partial charge in [-0.2, -0.15) is 0 Å². The maximum Gasteiger partial charge on any atom is 0.248 e. The highest BCUT2D eigenvalue weighted by Gasteiger charge is 2.30. The molecule has 2 amide bonds. The van der Waals surface area contributed by atoms with E-state index in [9.17, 15) is 9.59 Å². The van der Waals surface area contributed by atoms with Crippen molar-refractivity contribution in [1.29, 1.82) is 0 Å². The van der Waals surface area contributed by atoms with E-state index in [1.54, 1.807) is 4.90 Å². The SMILES string of the molecule is CC[C@H]1CN(C(=O)CO)CCC(=O)N1Cc1ccccc1. The molecule has 114 valence electrons. The van der Waals surface area contributed by atoms with Crippen molar-refractivity contribution in [2.75, 3.05) is 19.7 Å². The largest absolute Gasteiger partial charge is 0.387 e. The maximum atomic E-state index is 12.4. The van der Waals surface area contributed by atoms with Gasteiger partial charge in [0.15, 0.2) is 0 Å². The van der Waals surface area contributed by atoms with Gasteiger partial charge in [-0.25, -0.2) is 0 Å². The molecule has 1 aromatic carbocycles. The van der Waals surface area contributed by atoms with Gasteiger partial charge in [-0.3, -0.25) is 9.59 Å². The van der Waals surface area contributed by atoms with Crippen molar-refractivity contribution < 1.29 is 14.7 Å². The predicted molar refractivity (Wildman–Crippen MR) is 79.4 cm³/mol. The van der Waals surface area contributed by atoms with Crippen LogP contribution in [-0.2, 0) is 16.1 Å². The van der Waals surface area contributed by atoms with Crippen LogP contribution in [0.3, 0.4) is 0 Å². The van der Waals surface area contributed by atoms with Crippen LogP contribution in [0.1, 0.15) is 25.3 Å². The molecule has 0 spiro atoms. The maximum absolute atomic E-state index is 12.4. The summed E-state index contributed by atoms with van der Waals surface area (Å²) in [5, 5.41) is 9.02. The van der Waals surface area contributed by atoms with Gasteiger partial charge in [0, 0.05) is 32.1 Å². The molecule has 1 atom stereocenters. The Morgan fingerprint density at radius 1 is 1.33 bits per heavy atom. The molecule has 1 aliphatic rings. The Hall–Kier alpha value is -1.88. The van der Waals surface area contributed by atoms with Crippen molar-refractivity contribution in [3.8, 4) is 0 Å². The van der Waals surface area contributed by atoms with Crippen LogP contribution in [0.4, 0.5) is 0 Å². The van der Waals surface area contributed by atoms with E-state index >= 15 is 0 Å². The molecule has 5 nitrogen and oxygen atoms in total. The van der Waals surface area contributed by atoms with E-state index in [4.69, 9.17) is 5.11 Å². The third-order valence-corrected chi connectivity index (χ3v) is 3.94. The molecule has 0 radical (unpaired) electrons. The van der Waals surface area contributed by atoms with Gasteiger partial charge in [0.05, 0.1) is 0 Å². The molecule has 1 aromatic rings. The molecular weight excluding hydrogens is 268 g/mol. The normalized spacial score (nSPS) is 19.5. The zero-order valence-electron chi connectivity index (χ0n) is 12.4. The molecule has 5 heteroatoms. The number of nitrogens with zero attached hydrogens (tertiary/aromatic N) is 2. The second-order valence-corrected chi connectivity index (χ2v) is 5.32. The lowest BCUT2D eigenvalue weighted by Gasteiger charge is -2.31. The average Bonchev–Trinajstić information content (AvgIpc) is 2.68. The van der Waals surface area contributed by atoms with Crippen LogP contribution in [0.15, 0.2) is 30.3 Å². The van der Waals surface area contributed by atoms with Gasteiger partial charge in [0.1, 0.15) is 6.61 Å². The van der Waals surface area contributed by atoms with Crippen LogP contribution in [0.5, 0.6) is 0 Å². The first-order chi connectivity index (χ1) is 10.2. The van der Waals surface area contributed by atoms with Crippen molar-refractivity contribution in [3.63, 3.8) is 0 Å². The molecule has 0 aromatic heterocycles. The van der Waals surface area contributed by atoms with Crippen molar-refractivity contribution in [1.82, 2.24) is 9.80 Å². The first kappa shape index (κ1) is 15.5. The summed E-state index contributed by atoms with van der Waals surface area (Å²) in [5.74, 6) is -0.234. The van der Waals surface area contributed by atoms with E-state index in [1.165, 1.54) is 0 Å². The monoisotopic (exact) mass is 290 g/mol. The van der Waals surface area contributed by atoms with Crippen LogP contribution in [0.25, 0.3) is 0 Å². The topological polar surface area (TPSA) is 60.9 Å². The minimum Gasteiger partial charge on any atom is -0.387 e. The third kappa shape index (κ3) is 3.82. The van der Waals surface area contributed by atoms with Gasteiger partial charge in [-0.1, -0.05) is 37.3 Å². The Kier molecular flexibility index (Phi) is 5.33. The lowest BCUT2D eigenvalue weighted by atomic mass is 10.1. The van der Waals surface area contributed by atoms with Gasteiger partial charge < -0.3 is 14.9 Å². The number of amides is 2. The van der Waals surface area contributed by atoms with E-state index < -0.39 is 6.61 Å². The molecule has 0 aliphatic carbocycles. The number of aliphatic hydroxyl groups excluding tert-OH is 1. The van der Waals surface area contributed by atoms with Crippen LogP contribution in [0, 0.1) is 0 Å². The molecule has 1 saturated heterocycles. The van der Waals surface area contributed by atoms with Crippen molar-refractivity contribution in [2.45, 2.75) is 32.4 Å². The standard InChI is InChI=1S/C16H22N2O3/c1-2-14-11-17(16(21)12-19)9-8-15(20)18(14)10-13-6-4-3-5-7-13/h3-7,14,19H,2,8-12H2,1H3/t14-/m0/s1.